The third-order valence-corrected chi connectivity index (χ3v) is 7.02. The summed E-state index contributed by atoms with van der Waals surface area (Å²) in [4.78, 5) is 17.0. The zero-order valence-electron chi connectivity index (χ0n) is 20.8. The molecule has 35 heavy (non-hydrogen) atoms. The Hall–Kier alpha value is -2.25. The quantitative estimate of drug-likeness (QED) is 0.480. The summed E-state index contributed by atoms with van der Waals surface area (Å²) in [6.45, 7) is 10.0. The number of nitrogens with two attached hydrogens (primary N) is 1. The van der Waals surface area contributed by atoms with Crippen LogP contribution in [0.5, 0.6) is 0 Å². The van der Waals surface area contributed by atoms with Crippen LogP contribution < -0.4 is 10.6 Å². The fourth-order valence-corrected chi connectivity index (χ4v) is 4.82. The highest BCUT2D eigenvalue weighted by Crippen LogP contribution is 2.36. The maximum Gasteiger partial charge on any atom is 0.416 e. The third kappa shape index (κ3) is 6.91. The standard InChI is InChI=1S/C27H35ClF3N3O/c1-17(2)13-24(32)22-16-21(27(29,30)31)6-8-25(22)33-9-11-34(12-10-33)26(35)19(4)15-20-5-7-23(28)18(3)14-20/h5-8,14,16-17,19,24H,9-13,15,32H2,1-4H3/t19?,24-/m0/s1. The molecule has 2 N–H and O–H groups in total. The first-order chi connectivity index (χ1) is 16.4. The van der Waals surface area contributed by atoms with Crippen LogP contribution in [0.3, 0.4) is 0 Å². The van der Waals surface area contributed by atoms with Crippen LogP contribution in [0.15, 0.2) is 36.4 Å². The number of piperazine rings is 1. The molecule has 192 valence electrons. The first kappa shape index (κ1) is 27.3. The highest BCUT2D eigenvalue weighted by Gasteiger charge is 2.33. The van der Waals surface area contributed by atoms with Gasteiger partial charge in [0.1, 0.15) is 0 Å². The molecule has 1 heterocycles. The van der Waals surface area contributed by atoms with Gasteiger partial charge in [0.05, 0.1) is 5.56 Å². The van der Waals surface area contributed by atoms with Gasteiger partial charge in [-0.1, -0.05) is 44.5 Å². The maximum atomic E-state index is 13.4. The van der Waals surface area contributed by atoms with Crippen LogP contribution >= 0.6 is 11.6 Å². The second-order valence-corrected chi connectivity index (χ2v) is 10.4. The summed E-state index contributed by atoms with van der Waals surface area (Å²) < 4.78 is 40.1. The van der Waals surface area contributed by atoms with E-state index in [-0.39, 0.29) is 17.7 Å². The predicted octanol–water partition coefficient (Wildman–Crippen LogP) is 6.24. The first-order valence-corrected chi connectivity index (χ1v) is 12.5. The molecule has 1 unspecified atom stereocenters. The molecule has 2 aromatic rings. The molecule has 1 aliphatic heterocycles. The topological polar surface area (TPSA) is 49.6 Å². The van der Waals surface area contributed by atoms with Gasteiger partial charge in [-0.25, -0.2) is 0 Å². The number of aryl methyl sites for hydroxylation is 1. The van der Waals surface area contributed by atoms with Gasteiger partial charge in [0.2, 0.25) is 5.91 Å². The molecule has 1 amide bonds. The Morgan fingerprint density at radius 2 is 1.71 bits per heavy atom. The van der Waals surface area contributed by atoms with Crippen molar-refractivity contribution in [3.63, 3.8) is 0 Å². The Kier molecular flexibility index (Phi) is 8.76. The summed E-state index contributed by atoms with van der Waals surface area (Å²) in [5, 5.41) is 0.708. The number of rotatable bonds is 7. The number of alkyl halides is 3. The molecule has 2 aromatic carbocycles. The number of nitrogens with zero attached hydrogens (tertiary/aromatic N) is 2. The number of benzene rings is 2. The maximum absolute atomic E-state index is 13.4. The van der Waals surface area contributed by atoms with E-state index in [1.165, 1.54) is 12.1 Å². The van der Waals surface area contributed by atoms with Crippen molar-refractivity contribution in [2.75, 3.05) is 31.1 Å². The van der Waals surface area contributed by atoms with E-state index in [1.807, 2.05) is 55.7 Å². The highest BCUT2D eigenvalue weighted by molar-refractivity contribution is 6.31. The number of amides is 1. The molecule has 0 aromatic heterocycles. The summed E-state index contributed by atoms with van der Waals surface area (Å²) in [6, 6.07) is 9.16. The summed E-state index contributed by atoms with van der Waals surface area (Å²) >= 11 is 6.11. The molecule has 1 saturated heterocycles. The van der Waals surface area contributed by atoms with Crippen molar-refractivity contribution in [2.45, 2.75) is 52.8 Å². The highest BCUT2D eigenvalue weighted by atomic mass is 35.5. The van der Waals surface area contributed by atoms with Crippen molar-refractivity contribution in [1.29, 1.82) is 0 Å². The fraction of sp³-hybridized carbons (Fsp3) is 0.519. The summed E-state index contributed by atoms with van der Waals surface area (Å²) in [6.07, 6.45) is -3.20. The zero-order valence-corrected chi connectivity index (χ0v) is 21.6. The Morgan fingerprint density at radius 3 is 2.29 bits per heavy atom. The van der Waals surface area contributed by atoms with E-state index >= 15 is 0 Å². The van der Waals surface area contributed by atoms with E-state index in [0.717, 1.165) is 22.9 Å². The molecule has 1 fully saturated rings. The van der Waals surface area contributed by atoms with Crippen LogP contribution in [0.25, 0.3) is 0 Å². The molecule has 2 atom stereocenters. The van der Waals surface area contributed by atoms with Crippen LogP contribution in [-0.2, 0) is 17.4 Å². The molecule has 0 spiro atoms. The van der Waals surface area contributed by atoms with Crippen molar-refractivity contribution >= 4 is 23.2 Å². The second-order valence-electron chi connectivity index (χ2n) is 10.0. The molecule has 8 heteroatoms. The van der Waals surface area contributed by atoms with E-state index in [2.05, 4.69) is 0 Å². The lowest BCUT2D eigenvalue weighted by atomic mass is 9.94. The summed E-state index contributed by atoms with van der Waals surface area (Å²) in [5.41, 5.74) is 8.97. The Bertz CT molecular complexity index is 1030. The van der Waals surface area contributed by atoms with Gasteiger partial charge in [-0.05, 0) is 66.6 Å². The van der Waals surface area contributed by atoms with Gasteiger partial charge in [-0.3, -0.25) is 4.79 Å². The zero-order chi connectivity index (χ0) is 25.9. The smallest absolute Gasteiger partial charge is 0.368 e. The van der Waals surface area contributed by atoms with Crippen LogP contribution in [0.2, 0.25) is 5.02 Å². The Labute approximate surface area is 211 Å². The molecule has 0 bridgehead atoms. The largest absolute Gasteiger partial charge is 0.416 e. The van der Waals surface area contributed by atoms with Gasteiger partial charge in [-0.15, -0.1) is 0 Å². The van der Waals surface area contributed by atoms with Crippen molar-refractivity contribution in [1.82, 2.24) is 4.90 Å². The number of halogens is 4. The van der Waals surface area contributed by atoms with Gasteiger partial charge in [0.15, 0.2) is 0 Å². The Balaban J connectivity index is 1.70. The van der Waals surface area contributed by atoms with Crippen LogP contribution in [0, 0.1) is 18.8 Å². The predicted molar refractivity (Wildman–Crippen MR) is 136 cm³/mol. The molecule has 3 rings (SSSR count). The van der Waals surface area contributed by atoms with Crippen LogP contribution in [0.1, 0.15) is 55.5 Å². The Morgan fingerprint density at radius 1 is 1.06 bits per heavy atom. The molecule has 0 radical (unpaired) electrons. The number of anilines is 1. The second kappa shape index (κ2) is 11.2. The fourth-order valence-electron chi connectivity index (χ4n) is 4.70. The average molecular weight is 510 g/mol. The molecule has 4 nitrogen and oxygen atoms in total. The monoisotopic (exact) mass is 509 g/mol. The van der Waals surface area contributed by atoms with Crippen molar-refractivity contribution in [3.8, 4) is 0 Å². The average Bonchev–Trinajstić information content (AvgIpc) is 2.79. The summed E-state index contributed by atoms with van der Waals surface area (Å²) in [5.74, 6) is 0.164. The van der Waals surface area contributed by atoms with Crippen molar-refractivity contribution < 1.29 is 18.0 Å². The lowest BCUT2D eigenvalue weighted by Crippen LogP contribution is -2.50. The number of hydrogen-bond acceptors (Lipinski definition) is 3. The van der Waals surface area contributed by atoms with Gasteiger partial charge >= 0.3 is 6.18 Å². The lowest BCUT2D eigenvalue weighted by Gasteiger charge is -2.38. The first-order valence-electron chi connectivity index (χ1n) is 12.1. The van der Waals surface area contributed by atoms with E-state index in [9.17, 15) is 18.0 Å². The van der Waals surface area contributed by atoms with Gasteiger partial charge in [-0.2, -0.15) is 13.2 Å². The summed E-state index contributed by atoms with van der Waals surface area (Å²) in [7, 11) is 0. The minimum atomic E-state index is -4.42. The molecule has 1 aliphatic rings. The normalized spacial score (nSPS) is 16.5. The van der Waals surface area contributed by atoms with E-state index in [4.69, 9.17) is 17.3 Å². The number of carbonyl (C=O) groups excluding carboxylic acids is 1. The SMILES string of the molecule is Cc1cc(CC(C)C(=O)N2CCN(c3ccc(C(F)(F)F)cc3[C@@H](N)CC(C)C)CC2)ccc1Cl. The van der Waals surface area contributed by atoms with Crippen molar-refractivity contribution in [3.05, 3.63) is 63.7 Å². The van der Waals surface area contributed by atoms with Gasteiger partial charge < -0.3 is 15.5 Å². The van der Waals surface area contributed by atoms with E-state index in [1.54, 1.807) is 0 Å². The molecular formula is C27H35ClF3N3O. The molecule has 0 saturated carbocycles. The van der Waals surface area contributed by atoms with E-state index < -0.39 is 17.8 Å². The minimum absolute atomic E-state index is 0.0846. The minimum Gasteiger partial charge on any atom is -0.368 e. The van der Waals surface area contributed by atoms with Crippen LogP contribution in [0.4, 0.5) is 18.9 Å². The third-order valence-electron chi connectivity index (χ3n) is 6.60. The number of hydrogen-bond donors (Lipinski definition) is 1. The lowest BCUT2D eigenvalue weighted by molar-refractivity contribution is -0.137. The number of carbonyl (C=O) groups is 1. The van der Waals surface area contributed by atoms with Gasteiger partial charge in [0, 0.05) is 48.8 Å². The van der Waals surface area contributed by atoms with Crippen molar-refractivity contribution in [2.24, 2.45) is 17.6 Å². The van der Waals surface area contributed by atoms with Crippen LogP contribution in [-0.4, -0.2) is 37.0 Å². The molecule has 0 aliphatic carbocycles. The van der Waals surface area contributed by atoms with Gasteiger partial charge in [0.25, 0.3) is 0 Å². The molecular weight excluding hydrogens is 475 g/mol. The van der Waals surface area contributed by atoms with E-state index in [0.29, 0.717) is 49.6 Å².